The lowest BCUT2D eigenvalue weighted by Crippen LogP contribution is -2.33. The maximum absolute atomic E-state index is 5.65. The SMILES string of the molecule is CCN(CCc1nccn1C)CC(C)CN. The first kappa shape index (κ1) is 13.2. The number of hydrogen-bond acceptors (Lipinski definition) is 3. The van der Waals surface area contributed by atoms with Gasteiger partial charge in [0.2, 0.25) is 0 Å². The Bertz CT molecular complexity index is 295. The van der Waals surface area contributed by atoms with Crippen LogP contribution in [0.15, 0.2) is 12.4 Å². The standard InChI is InChI=1S/C12H24N4/c1-4-16(10-11(2)9-13)7-5-12-14-6-8-15(12)3/h6,8,11H,4-5,7,9-10,13H2,1-3H3. The van der Waals surface area contributed by atoms with E-state index in [4.69, 9.17) is 5.73 Å². The summed E-state index contributed by atoms with van der Waals surface area (Å²) in [6.07, 6.45) is 4.86. The molecule has 0 aromatic carbocycles. The van der Waals surface area contributed by atoms with E-state index in [2.05, 4.69) is 28.3 Å². The monoisotopic (exact) mass is 224 g/mol. The normalized spacial score (nSPS) is 13.3. The van der Waals surface area contributed by atoms with Gasteiger partial charge >= 0.3 is 0 Å². The van der Waals surface area contributed by atoms with Gasteiger partial charge in [-0.3, -0.25) is 0 Å². The maximum atomic E-state index is 5.65. The number of aryl methyl sites for hydroxylation is 1. The minimum atomic E-state index is 0.571. The highest BCUT2D eigenvalue weighted by atomic mass is 15.1. The zero-order valence-corrected chi connectivity index (χ0v) is 10.7. The molecule has 1 heterocycles. The Kier molecular flexibility index (Phi) is 5.49. The van der Waals surface area contributed by atoms with Gasteiger partial charge in [0.05, 0.1) is 0 Å². The van der Waals surface area contributed by atoms with Crippen molar-refractivity contribution in [3.63, 3.8) is 0 Å². The molecule has 4 nitrogen and oxygen atoms in total. The molecule has 0 aliphatic rings. The Balaban J connectivity index is 2.37. The lowest BCUT2D eigenvalue weighted by molar-refractivity contribution is 0.252. The number of likely N-dealkylation sites (N-methyl/N-ethyl adjacent to an activating group) is 1. The van der Waals surface area contributed by atoms with Gasteiger partial charge in [-0.15, -0.1) is 0 Å². The minimum absolute atomic E-state index is 0.571. The molecule has 1 atom stereocenters. The van der Waals surface area contributed by atoms with Gasteiger partial charge in [-0.1, -0.05) is 13.8 Å². The van der Waals surface area contributed by atoms with Crippen molar-refractivity contribution < 1.29 is 0 Å². The van der Waals surface area contributed by atoms with E-state index in [1.54, 1.807) is 0 Å². The number of imidazole rings is 1. The average molecular weight is 224 g/mol. The molecule has 0 radical (unpaired) electrons. The van der Waals surface area contributed by atoms with Gasteiger partial charge in [0, 0.05) is 39.0 Å². The van der Waals surface area contributed by atoms with Crippen LogP contribution >= 0.6 is 0 Å². The molecule has 4 heteroatoms. The van der Waals surface area contributed by atoms with E-state index in [9.17, 15) is 0 Å². The molecule has 0 aliphatic heterocycles. The molecule has 0 fully saturated rings. The summed E-state index contributed by atoms with van der Waals surface area (Å²) in [5, 5.41) is 0. The summed E-state index contributed by atoms with van der Waals surface area (Å²) in [6.45, 7) is 8.38. The van der Waals surface area contributed by atoms with Crippen molar-refractivity contribution in [3.8, 4) is 0 Å². The second-order valence-corrected chi connectivity index (χ2v) is 4.44. The topological polar surface area (TPSA) is 47.1 Å². The second kappa shape index (κ2) is 6.66. The number of rotatable bonds is 7. The Morgan fingerprint density at radius 1 is 1.56 bits per heavy atom. The first-order chi connectivity index (χ1) is 7.67. The molecular formula is C12H24N4. The zero-order valence-electron chi connectivity index (χ0n) is 10.7. The third-order valence-corrected chi connectivity index (χ3v) is 2.99. The highest BCUT2D eigenvalue weighted by molar-refractivity contribution is 4.91. The van der Waals surface area contributed by atoms with E-state index in [0.717, 1.165) is 38.4 Å². The molecule has 0 bridgehead atoms. The van der Waals surface area contributed by atoms with Crippen molar-refractivity contribution in [2.24, 2.45) is 18.7 Å². The minimum Gasteiger partial charge on any atom is -0.338 e. The van der Waals surface area contributed by atoms with Crippen LogP contribution in [0.5, 0.6) is 0 Å². The highest BCUT2D eigenvalue weighted by Gasteiger charge is 2.08. The van der Waals surface area contributed by atoms with Crippen LogP contribution in [-0.4, -0.2) is 40.6 Å². The molecule has 1 rings (SSSR count). The fourth-order valence-corrected chi connectivity index (χ4v) is 1.79. The largest absolute Gasteiger partial charge is 0.338 e. The fraction of sp³-hybridized carbons (Fsp3) is 0.750. The third kappa shape index (κ3) is 3.94. The first-order valence-corrected chi connectivity index (χ1v) is 6.06. The van der Waals surface area contributed by atoms with E-state index in [1.165, 1.54) is 0 Å². The first-order valence-electron chi connectivity index (χ1n) is 6.06. The van der Waals surface area contributed by atoms with Crippen molar-refractivity contribution in [3.05, 3.63) is 18.2 Å². The molecule has 16 heavy (non-hydrogen) atoms. The summed E-state index contributed by atoms with van der Waals surface area (Å²) >= 11 is 0. The zero-order chi connectivity index (χ0) is 12.0. The van der Waals surface area contributed by atoms with E-state index < -0.39 is 0 Å². The molecule has 0 saturated carbocycles. The Hall–Kier alpha value is -0.870. The molecule has 0 aliphatic carbocycles. The smallest absolute Gasteiger partial charge is 0.109 e. The number of nitrogens with zero attached hydrogens (tertiary/aromatic N) is 3. The predicted octanol–water partition coefficient (Wildman–Crippen LogP) is 0.879. The lowest BCUT2D eigenvalue weighted by atomic mass is 10.1. The van der Waals surface area contributed by atoms with Gasteiger partial charge in [0.1, 0.15) is 5.82 Å². The van der Waals surface area contributed by atoms with Gasteiger partial charge in [-0.05, 0) is 19.0 Å². The van der Waals surface area contributed by atoms with Crippen LogP contribution in [0.3, 0.4) is 0 Å². The Labute approximate surface area is 98.5 Å². The number of hydrogen-bond donors (Lipinski definition) is 1. The molecule has 1 aromatic heterocycles. The quantitative estimate of drug-likeness (QED) is 0.748. The van der Waals surface area contributed by atoms with Crippen LogP contribution < -0.4 is 5.73 Å². The molecule has 0 amide bonds. The summed E-state index contributed by atoms with van der Waals surface area (Å²) in [6, 6.07) is 0. The van der Waals surface area contributed by atoms with Gasteiger partial charge in [0.25, 0.3) is 0 Å². The summed E-state index contributed by atoms with van der Waals surface area (Å²) in [4.78, 5) is 6.77. The van der Waals surface area contributed by atoms with Crippen molar-refractivity contribution in [1.82, 2.24) is 14.5 Å². The third-order valence-electron chi connectivity index (χ3n) is 2.99. The Morgan fingerprint density at radius 2 is 2.31 bits per heavy atom. The molecule has 0 saturated heterocycles. The van der Waals surface area contributed by atoms with E-state index in [1.807, 2.05) is 19.4 Å². The van der Waals surface area contributed by atoms with Gasteiger partial charge in [-0.2, -0.15) is 0 Å². The lowest BCUT2D eigenvalue weighted by Gasteiger charge is -2.23. The van der Waals surface area contributed by atoms with Crippen molar-refractivity contribution in [2.75, 3.05) is 26.2 Å². The number of aromatic nitrogens is 2. The van der Waals surface area contributed by atoms with Crippen molar-refractivity contribution in [2.45, 2.75) is 20.3 Å². The van der Waals surface area contributed by atoms with Crippen LogP contribution in [0.4, 0.5) is 0 Å². The van der Waals surface area contributed by atoms with Crippen LogP contribution in [0.2, 0.25) is 0 Å². The molecule has 92 valence electrons. The molecular weight excluding hydrogens is 200 g/mol. The highest BCUT2D eigenvalue weighted by Crippen LogP contribution is 2.01. The van der Waals surface area contributed by atoms with E-state index >= 15 is 0 Å². The van der Waals surface area contributed by atoms with E-state index in [0.29, 0.717) is 5.92 Å². The van der Waals surface area contributed by atoms with Crippen LogP contribution in [0, 0.1) is 5.92 Å². The Morgan fingerprint density at radius 3 is 2.81 bits per heavy atom. The van der Waals surface area contributed by atoms with Crippen molar-refractivity contribution >= 4 is 0 Å². The summed E-state index contributed by atoms with van der Waals surface area (Å²) in [7, 11) is 2.04. The predicted molar refractivity (Wildman–Crippen MR) is 67.2 cm³/mol. The summed E-state index contributed by atoms with van der Waals surface area (Å²) in [5.41, 5.74) is 5.65. The van der Waals surface area contributed by atoms with Gasteiger partial charge in [-0.25, -0.2) is 4.98 Å². The summed E-state index contributed by atoms with van der Waals surface area (Å²) < 4.78 is 2.08. The van der Waals surface area contributed by atoms with Crippen LogP contribution in [-0.2, 0) is 13.5 Å². The van der Waals surface area contributed by atoms with Crippen molar-refractivity contribution in [1.29, 1.82) is 0 Å². The van der Waals surface area contributed by atoms with Gasteiger partial charge in [0.15, 0.2) is 0 Å². The fourth-order valence-electron chi connectivity index (χ4n) is 1.79. The average Bonchev–Trinajstić information content (AvgIpc) is 2.69. The maximum Gasteiger partial charge on any atom is 0.109 e. The van der Waals surface area contributed by atoms with Crippen LogP contribution in [0.1, 0.15) is 19.7 Å². The molecule has 0 spiro atoms. The van der Waals surface area contributed by atoms with Gasteiger partial charge < -0.3 is 15.2 Å². The second-order valence-electron chi connectivity index (χ2n) is 4.44. The van der Waals surface area contributed by atoms with E-state index in [-0.39, 0.29) is 0 Å². The molecule has 1 aromatic rings. The molecule has 1 unspecified atom stereocenters. The molecule has 2 N–H and O–H groups in total. The number of nitrogens with two attached hydrogens (primary N) is 1. The summed E-state index contributed by atoms with van der Waals surface area (Å²) in [5.74, 6) is 1.72. The van der Waals surface area contributed by atoms with Crippen LogP contribution in [0.25, 0.3) is 0 Å².